The predicted octanol–water partition coefficient (Wildman–Crippen LogP) is 4.45. The van der Waals surface area contributed by atoms with Gasteiger partial charge in [-0.2, -0.15) is 0 Å². The Morgan fingerprint density at radius 3 is 2.03 bits per heavy atom. The highest BCUT2D eigenvalue weighted by Crippen LogP contribution is 2.39. The molecule has 6 nitrogen and oxygen atoms in total. The van der Waals surface area contributed by atoms with Crippen LogP contribution >= 0.6 is 0 Å². The van der Waals surface area contributed by atoms with Crippen molar-refractivity contribution in [3.05, 3.63) is 82.9 Å². The first-order chi connectivity index (χ1) is 15.0. The molecule has 0 spiro atoms. The molecule has 1 aliphatic heterocycles. The molecule has 4 rings (SSSR count). The highest BCUT2D eigenvalue weighted by atomic mass is 16.5. The summed E-state index contributed by atoms with van der Waals surface area (Å²) in [6, 6.07) is 17.5. The second kappa shape index (κ2) is 7.99. The van der Waals surface area contributed by atoms with Crippen molar-refractivity contribution in [3.63, 3.8) is 0 Å². The van der Waals surface area contributed by atoms with E-state index in [2.05, 4.69) is 0 Å². The van der Waals surface area contributed by atoms with Crippen molar-refractivity contribution in [2.75, 3.05) is 19.1 Å². The SMILES string of the molecule is COc1cc(/C=C2\C(=O)N(c3ccccc3C)C(=O)c3ccccc32)cc(OC)c1O. The lowest BCUT2D eigenvalue weighted by molar-refractivity contribution is -0.112. The van der Waals surface area contributed by atoms with Gasteiger partial charge in [-0.15, -0.1) is 0 Å². The second-order valence-corrected chi connectivity index (χ2v) is 7.11. The van der Waals surface area contributed by atoms with E-state index < -0.39 is 5.91 Å². The third-order valence-electron chi connectivity index (χ3n) is 5.25. The zero-order chi connectivity index (χ0) is 22.1. The van der Waals surface area contributed by atoms with Gasteiger partial charge < -0.3 is 14.6 Å². The number of phenolic OH excluding ortho intramolecular Hbond substituents is 1. The standard InChI is InChI=1S/C25H21NO5/c1-15-8-4-7-11-20(15)26-24(28)18-10-6-5-9-17(18)19(25(26)29)12-16-13-21(30-2)23(27)22(14-16)31-3/h4-14,27H,1-3H3/b19-12-. The number of carbonyl (C=O) groups is 2. The van der Waals surface area contributed by atoms with Crippen LogP contribution in [0.15, 0.2) is 60.7 Å². The number of methoxy groups -OCH3 is 2. The van der Waals surface area contributed by atoms with Crippen LogP contribution in [0.4, 0.5) is 5.69 Å². The third-order valence-corrected chi connectivity index (χ3v) is 5.25. The van der Waals surface area contributed by atoms with Crippen molar-refractivity contribution in [1.82, 2.24) is 0 Å². The Kier molecular flexibility index (Phi) is 5.21. The van der Waals surface area contributed by atoms with Crippen LogP contribution in [0.3, 0.4) is 0 Å². The van der Waals surface area contributed by atoms with Crippen LogP contribution in [-0.4, -0.2) is 31.1 Å². The molecule has 0 bridgehead atoms. The zero-order valence-electron chi connectivity index (χ0n) is 17.4. The summed E-state index contributed by atoms with van der Waals surface area (Å²) in [6.07, 6.45) is 1.67. The van der Waals surface area contributed by atoms with Crippen molar-refractivity contribution in [1.29, 1.82) is 0 Å². The number of benzene rings is 3. The summed E-state index contributed by atoms with van der Waals surface area (Å²) in [5, 5.41) is 10.2. The number of fused-ring (bicyclic) bond motifs is 1. The smallest absolute Gasteiger partial charge is 0.265 e. The molecule has 1 N–H and O–H groups in total. The van der Waals surface area contributed by atoms with Crippen molar-refractivity contribution in [2.45, 2.75) is 6.92 Å². The number of amides is 2. The van der Waals surface area contributed by atoms with E-state index in [1.165, 1.54) is 19.1 Å². The molecule has 0 radical (unpaired) electrons. The molecule has 3 aromatic rings. The molecule has 0 saturated heterocycles. The highest BCUT2D eigenvalue weighted by Gasteiger charge is 2.36. The molecule has 0 aliphatic carbocycles. The largest absolute Gasteiger partial charge is 0.502 e. The molecule has 2 amide bonds. The number of carbonyl (C=O) groups excluding carboxylic acids is 2. The topological polar surface area (TPSA) is 76.1 Å². The van der Waals surface area contributed by atoms with E-state index in [4.69, 9.17) is 9.47 Å². The summed E-state index contributed by atoms with van der Waals surface area (Å²) in [6.45, 7) is 1.86. The molecule has 156 valence electrons. The number of phenols is 1. The lowest BCUT2D eigenvalue weighted by Gasteiger charge is -2.29. The molecule has 0 aromatic heterocycles. The van der Waals surface area contributed by atoms with Gasteiger partial charge >= 0.3 is 0 Å². The first-order valence-corrected chi connectivity index (χ1v) is 9.66. The number of hydrogen-bond donors (Lipinski definition) is 1. The van der Waals surface area contributed by atoms with Gasteiger partial charge in [-0.05, 0) is 54.0 Å². The molecule has 0 atom stereocenters. The van der Waals surface area contributed by atoms with Crippen molar-refractivity contribution < 1.29 is 24.2 Å². The minimum atomic E-state index is -0.427. The number of rotatable bonds is 4. The molecule has 0 fully saturated rings. The van der Waals surface area contributed by atoms with E-state index in [0.717, 1.165) is 5.56 Å². The van der Waals surface area contributed by atoms with Gasteiger partial charge in [0.25, 0.3) is 11.8 Å². The molecule has 3 aromatic carbocycles. The van der Waals surface area contributed by atoms with Gasteiger partial charge in [0.15, 0.2) is 11.5 Å². The van der Waals surface area contributed by atoms with Crippen LogP contribution < -0.4 is 14.4 Å². The zero-order valence-corrected chi connectivity index (χ0v) is 17.4. The van der Waals surface area contributed by atoms with Gasteiger partial charge in [0.2, 0.25) is 5.75 Å². The molecule has 0 saturated carbocycles. The van der Waals surface area contributed by atoms with Gasteiger partial charge in [0.1, 0.15) is 0 Å². The van der Waals surface area contributed by atoms with Crippen molar-refractivity contribution in [2.24, 2.45) is 0 Å². The first-order valence-electron chi connectivity index (χ1n) is 9.66. The number of hydrogen-bond acceptors (Lipinski definition) is 5. The number of aryl methyl sites for hydroxylation is 1. The van der Waals surface area contributed by atoms with Crippen LogP contribution in [-0.2, 0) is 4.79 Å². The fraction of sp³-hybridized carbons (Fsp3) is 0.120. The number of anilines is 1. The minimum Gasteiger partial charge on any atom is -0.502 e. The fourth-order valence-electron chi connectivity index (χ4n) is 3.69. The van der Waals surface area contributed by atoms with E-state index in [1.54, 1.807) is 54.6 Å². The maximum atomic E-state index is 13.6. The van der Waals surface area contributed by atoms with E-state index in [9.17, 15) is 14.7 Å². The summed E-state index contributed by atoms with van der Waals surface area (Å²) in [7, 11) is 2.87. The van der Waals surface area contributed by atoms with Crippen molar-refractivity contribution in [3.8, 4) is 17.2 Å². The summed E-state index contributed by atoms with van der Waals surface area (Å²) in [5.74, 6) is -0.486. The lowest BCUT2D eigenvalue weighted by atomic mass is 9.91. The van der Waals surface area contributed by atoms with Gasteiger partial charge in [0.05, 0.1) is 19.9 Å². The van der Waals surface area contributed by atoms with E-state index in [1.807, 2.05) is 19.1 Å². The Bertz CT molecular complexity index is 1200. The number of para-hydroxylation sites is 1. The Balaban J connectivity index is 1.93. The van der Waals surface area contributed by atoms with Crippen LogP contribution in [0, 0.1) is 6.92 Å². The van der Waals surface area contributed by atoms with Gasteiger partial charge in [-0.25, -0.2) is 4.90 Å². The van der Waals surface area contributed by atoms with Crippen LogP contribution in [0.25, 0.3) is 11.6 Å². The summed E-state index contributed by atoms with van der Waals surface area (Å²) in [5.41, 5.74) is 3.29. The van der Waals surface area contributed by atoms with E-state index in [0.29, 0.717) is 28.0 Å². The Hall–Kier alpha value is -4.06. The van der Waals surface area contributed by atoms with Gasteiger partial charge in [-0.1, -0.05) is 36.4 Å². The molecule has 1 aliphatic rings. The quantitative estimate of drug-likeness (QED) is 0.503. The van der Waals surface area contributed by atoms with E-state index >= 15 is 0 Å². The van der Waals surface area contributed by atoms with E-state index in [-0.39, 0.29) is 23.2 Å². The average Bonchev–Trinajstić information content (AvgIpc) is 2.78. The fourth-order valence-corrected chi connectivity index (χ4v) is 3.69. The molecule has 1 heterocycles. The normalized spacial score (nSPS) is 14.5. The highest BCUT2D eigenvalue weighted by molar-refractivity contribution is 6.43. The predicted molar refractivity (Wildman–Crippen MR) is 119 cm³/mol. The Morgan fingerprint density at radius 1 is 0.839 bits per heavy atom. The molecular weight excluding hydrogens is 394 g/mol. The number of aromatic hydroxyl groups is 1. The number of imide groups is 1. The van der Waals surface area contributed by atoms with Crippen LogP contribution in [0.5, 0.6) is 17.2 Å². The third kappa shape index (κ3) is 3.42. The van der Waals surface area contributed by atoms with Gasteiger partial charge in [0, 0.05) is 11.1 Å². The molecule has 0 unspecified atom stereocenters. The monoisotopic (exact) mass is 415 g/mol. The number of ether oxygens (including phenoxy) is 2. The molecular formula is C25H21NO5. The Labute approximate surface area is 180 Å². The molecule has 31 heavy (non-hydrogen) atoms. The maximum absolute atomic E-state index is 13.6. The maximum Gasteiger partial charge on any atom is 0.265 e. The molecule has 6 heteroatoms. The van der Waals surface area contributed by atoms with Crippen LogP contribution in [0.2, 0.25) is 0 Å². The Morgan fingerprint density at radius 2 is 1.42 bits per heavy atom. The van der Waals surface area contributed by atoms with Crippen molar-refractivity contribution >= 4 is 29.2 Å². The van der Waals surface area contributed by atoms with Crippen LogP contribution in [0.1, 0.15) is 27.0 Å². The summed E-state index contributed by atoms with van der Waals surface area (Å²) < 4.78 is 10.5. The van der Waals surface area contributed by atoms with Gasteiger partial charge in [-0.3, -0.25) is 9.59 Å². The summed E-state index contributed by atoms with van der Waals surface area (Å²) >= 11 is 0. The lowest BCUT2D eigenvalue weighted by Crippen LogP contribution is -2.42. The summed E-state index contributed by atoms with van der Waals surface area (Å²) in [4.78, 5) is 28.0. The number of nitrogens with zero attached hydrogens (tertiary/aromatic N) is 1. The average molecular weight is 415 g/mol. The first kappa shape index (κ1) is 20.2. The second-order valence-electron chi connectivity index (χ2n) is 7.11. The minimum absolute atomic E-state index is 0.126.